The summed E-state index contributed by atoms with van der Waals surface area (Å²) in [6.45, 7) is 4.06. The fourth-order valence-electron chi connectivity index (χ4n) is 4.49. The maximum atomic E-state index is 11.6. The molecule has 2 heterocycles. The Morgan fingerprint density at radius 3 is 2.74 bits per heavy atom. The monoisotopic (exact) mass is 312 g/mol. The van der Waals surface area contributed by atoms with E-state index >= 15 is 0 Å². The molecule has 1 unspecified atom stereocenters. The lowest BCUT2D eigenvalue weighted by molar-refractivity contribution is 0.0125. The summed E-state index contributed by atoms with van der Waals surface area (Å²) in [5.41, 5.74) is 3.58. The van der Waals surface area contributed by atoms with Gasteiger partial charge >= 0.3 is 6.09 Å². The van der Waals surface area contributed by atoms with E-state index in [2.05, 4.69) is 41.1 Å². The fourth-order valence-corrected chi connectivity index (χ4v) is 4.49. The number of carbonyl (C=O) groups is 1. The highest BCUT2D eigenvalue weighted by Crippen LogP contribution is 2.36. The molecule has 1 amide bonds. The number of fused-ring (bicyclic) bond motifs is 1. The van der Waals surface area contributed by atoms with Crippen LogP contribution >= 0.6 is 0 Å². The summed E-state index contributed by atoms with van der Waals surface area (Å²) in [7, 11) is 0. The summed E-state index contributed by atoms with van der Waals surface area (Å²) in [5.74, 6) is 0. The van der Waals surface area contributed by atoms with Crippen LogP contribution in [-0.2, 0) is 17.6 Å². The van der Waals surface area contributed by atoms with E-state index in [9.17, 15) is 4.79 Å². The molecule has 1 atom stereocenters. The maximum Gasteiger partial charge on any atom is 0.434 e. The molecule has 2 aliphatic heterocycles. The molecule has 0 radical (unpaired) electrons. The molecule has 1 saturated heterocycles. The molecule has 1 aromatic carbocycles. The zero-order valence-corrected chi connectivity index (χ0v) is 13.8. The van der Waals surface area contributed by atoms with Gasteiger partial charge in [-0.2, -0.15) is 4.99 Å². The first-order chi connectivity index (χ1) is 11.2. The molecule has 4 rings (SSSR count). The van der Waals surface area contributed by atoms with Crippen LogP contribution < -0.4 is 0 Å². The molecule has 0 N–H and O–H groups in total. The third-order valence-electron chi connectivity index (χ3n) is 5.81. The molecule has 23 heavy (non-hydrogen) atoms. The minimum atomic E-state index is -0.394. The lowest BCUT2D eigenvalue weighted by Crippen LogP contribution is -2.52. The van der Waals surface area contributed by atoms with Crippen molar-refractivity contribution in [2.75, 3.05) is 13.1 Å². The van der Waals surface area contributed by atoms with Crippen LogP contribution in [0.4, 0.5) is 4.79 Å². The predicted molar refractivity (Wildman–Crippen MR) is 90.0 cm³/mol. The van der Waals surface area contributed by atoms with E-state index in [1.54, 1.807) is 0 Å². The molecule has 1 fully saturated rings. The van der Waals surface area contributed by atoms with Crippen LogP contribution in [0.3, 0.4) is 0 Å². The van der Waals surface area contributed by atoms with E-state index in [0.717, 1.165) is 44.5 Å². The highest BCUT2D eigenvalue weighted by atomic mass is 16.6. The third-order valence-corrected chi connectivity index (χ3v) is 5.81. The van der Waals surface area contributed by atoms with Gasteiger partial charge in [0.1, 0.15) is 0 Å². The van der Waals surface area contributed by atoms with Gasteiger partial charge in [-0.25, -0.2) is 4.79 Å². The minimum Gasteiger partial charge on any atom is -0.435 e. The molecule has 0 saturated carbocycles. The summed E-state index contributed by atoms with van der Waals surface area (Å²) in [4.78, 5) is 18.3. The van der Waals surface area contributed by atoms with E-state index in [1.807, 2.05) is 0 Å². The second-order valence-corrected chi connectivity index (χ2v) is 6.98. The van der Waals surface area contributed by atoms with Crippen LogP contribution in [0.25, 0.3) is 0 Å². The highest BCUT2D eigenvalue weighted by Gasteiger charge is 2.47. The minimum absolute atomic E-state index is 0.387. The Morgan fingerprint density at radius 2 is 2.00 bits per heavy atom. The number of piperidine rings is 1. The van der Waals surface area contributed by atoms with Gasteiger partial charge in [0.05, 0.1) is 5.71 Å². The molecule has 4 nitrogen and oxygen atoms in total. The molecule has 0 aromatic heterocycles. The van der Waals surface area contributed by atoms with Gasteiger partial charge in [-0.15, -0.1) is 0 Å². The standard InChI is InChI=1S/C19H24N2O2/c1-2-17-19(23-18(22)20-17)9-11-21(12-10-19)16-8-7-14-5-3-4-6-15(14)13-16/h3-6,16H,2,7-13H2,1H3. The molecule has 122 valence electrons. The van der Waals surface area contributed by atoms with E-state index in [0.29, 0.717) is 6.04 Å². The average Bonchev–Trinajstić information content (AvgIpc) is 2.90. The molecular formula is C19H24N2O2. The van der Waals surface area contributed by atoms with E-state index in [4.69, 9.17) is 4.74 Å². The first kappa shape index (κ1) is 14.9. The number of carbonyl (C=O) groups excluding carboxylic acids is 1. The molecule has 1 spiro atoms. The number of benzene rings is 1. The molecule has 3 aliphatic rings. The molecule has 1 aliphatic carbocycles. The summed E-state index contributed by atoms with van der Waals surface area (Å²) >= 11 is 0. The zero-order chi connectivity index (χ0) is 15.9. The number of nitrogens with zero attached hydrogens (tertiary/aromatic N) is 2. The van der Waals surface area contributed by atoms with Gasteiger partial charge in [-0.05, 0) is 36.8 Å². The smallest absolute Gasteiger partial charge is 0.434 e. The van der Waals surface area contributed by atoms with Gasteiger partial charge < -0.3 is 4.74 Å². The first-order valence-corrected chi connectivity index (χ1v) is 8.82. The van der Waals surface area contributed by atoms with Gasteiger partial charge in [-0.3, -0.25) is 4.90 Å². The normalized spacial score (nSPS) is 26.7. The largest absolute Gasteiger partial charge is 0.435 e. The van der Waals surface area contributed by atoms with Gasteiger partial charge in [0.2, 0.25) is 0 Å². The number of hydrogen-bond donors (Lipinski definition) is 0. The van der Waals surface area contributed by atoms with E-state index in [-0.39, 0.29) is 6.09 Å². The van der Waals surface area contributed by atoms with Crippen molar-refractivity contribution < 1.29 is 9.53 Å². The predicted octanol–water partition coefficient (Wildman–Crippen LogP) is 3.38. The first-order valence-electron chi connectivity index (χ1n) is 8.82. The van der Waals surface area contributed by atoms with E-state index in [1.165, 1.54) is 24.0 Å². The van der Waals surface area contributed by atoms with Gasteiger partial charge in [0.25, 0.3) is 0 Å². The quantitative estimate of drug-likeness (QED) is 0.840. The highest BCUT2D eigenvalue weighted by molar-refractivity contribution is 6.04. The topological polar surface area (TPSA) is 41.9 Å². The number of aliphatic imine (C=N–C) groups is 1. The number of likely N-dealkylation sites (tertiary alicyclic amines) is 1. The molecular weight excluding hydrogens is 288 g/mol. The second kappa shape index (κ2) is 5.75. The van der Waals surface area contributed by atoms with Crippen molar-refractivity contribution in [3.05, 3.63) is 35.4 Å². The van der Waals surface area contributed by atoms with Gasteiger partial charge in [0, 0.05) is 32.0 Å². The summed E-state index contributed by atoms with van der Waals surface area (Å²) in [6, 6.07) is 9.45. The number of aryl methyl sites for hydroxylation is 1. The SMILES string of the molecule is CCC1=NC(=O)OC12CCN(C1CCc3ccccc3C1)CC2. The Hall–Kier alpha value is -1.68. The number of rotatable bonds is 2. The Labute approximate surface area is 137 Å². The lowest BCUT2D eigenvalue weighted by Gasteiger charge is -2.43. The number of hydrogen-bond acceptors (Lipinski definition) is 3. The van der Waals surface area contributed by atoms with Crippen LogP contribution in [-0.4, -0.2) is 41.4 Å². The van der Waals surface area contributed by atoms with Crippen molar-refractivity contribution in [1.29, 1.82) is 0 Å². The van der Waals surface area contributed by atoms with Crippen molar-refractivity contribution in [3.8, 4) is 0 Å². The van der Waals surface area contributed by atoms with E-state index < -0.39 is 5.60 Å². The molecule has 0 bridgehead atoms. The summed E-state index contributed by atoms with van der Waals surface area (Å²) in [6.07, 6.45) is 5.77. The lowest BCUT2D eigenvalue weighted by atomic mass is 9.82. The van der Waals surface area contributed by atoms with Crippen LogP contribution in [0.5, 0.6) is 0 Å². The zero-order valence-electron chi connectivity index (χ0n) is 13.8. The van der Waals surface area contributed by atoms with Crippen LogP contribution in [0, 0.1) is 0 Å². The van der Waals surface area contributed by atoms with Crippen molar-refractivity contribution in [2.24, 2.45) is 4.99 Å². The molecule has 4 heteroatoms. The summed E-state index contributed by atoms with van der Waals surface area (Å²) in [5, 5.41) is 0. The van der Waals surface area contributed by atoms with Crippen LogP contribution in [0.15, 0.2) is 29.3 Å². The maximum absolute atomic E-state index is 11.6. The van der Waals surface area contributed by atoms with Crippen molar-refractivity contribution >= 4 is 11.8 Å². The van der Waals surface area contributed by atoms with Crippen molar-refractivity contribution in [3.63, 3.8) is 0 Å². The van der Waals surface area contributed by atoms with Gasteiger partial charge in [0.15, 0.2) is 5.60 Å². The Balaban J connectivity index is 1.43. The van der Waals surface area contributed by atoms with Crippen molar-refractivity contribution in [1.82, 2.24) is 4.90 Å². The average molecular weight is 312 g/mol. The third kappa shape index (κ3) is 2.59. The van der Waals surface area contributed by atoms with Gasteiger partial charge in [-0.1, -0.05) is 31.2 Å². The van der Waals surface area contributed by atoms with Crippen molar-refractivity contribution in [2.45, 2.75) is 57.1 Å². The fraction of sp³-hybridized carbons (Fsp3) is 0.579. The number of ether oxygens (including phenoxy) is 1. The Kier molecular flexibility index (Phi) is 3.72. The van der Waals surface area contributed by atoms with Crippen LogP contribution in [0.2, 0.25) is 0 Å². The summed E-state index contributed by atoms with van der Waals surface area (Å²) < 4.78 is 5.62. The molecule has 1 aromatic rings. The van der Waals surface area contributed by atoms with Crippen LogP contribution in [0.1, 0.15) is 43.7 Å². The Morgan fingerprint density at radius 1 is 1.26 bits per heavy atom. The second-order valence-electron chi connectivity index (χ2n) is 6.98. The number of amides is 1. The Bertz CT molecular complexity index is 645.